The Labute approximate surface area is 204 Å². The van der Waals surface area contributed by atoms with E-state index in [0.717, 1.165) is 36.5 Å². The average Bonchev–Trinajstić information content (AvgIpc) is 3.17. The number of rotatable bonds is 4. The molecule has 1 saturated heterocycles. The van der Waals surface area contributed by atoms with Gasteiger partial charge in [-0.2, -0.15) is 0 Å². The van der Waals surface area contributed by atoms with Crippen molar-refractivity contribution in [2.75, 3.05) is 38.2 Å². The molecule has 0 atom stereocenters. The number of anilines is 1. The van der Waals surface area contributed by atoms with Gasteiger partial charge in [0.15, 0.2) is 11.0 Å². The van der Waals surface area contributed by atoms with Gasteiger partial charge in [-0.25, -0.2) is 0 Å². The van der Waals surface area contributed by atoms with Gasteiger partial charge >= 0.3 is 0 Å². The number of carbonyl (C=O) groups is 1. The summed E-state index contributed by atoms with van der Waals surface area (Å²) in [4.78, 5) is 31.0. The lowest BCUT2D eigenvalue weighted by molar-refractivity contribution is 0.0768. The van der Waals surface area contributed by atoms with Gasteiger partial charge in [0.2, 0.25) is 0 Å². The third-order valence-electron chi connectivity index (χ3n) is 6.63. The Morgan fingerprint density at radius 1 is 0.886 bits per heavy atom. The molecular weight excluding hydrogens is 440 g/mol. The van der Waals surface area contributed by atoms with Crippen molar-refractivity contribution in [3.63, 3.8) is 0 Å². The fourth-order valence-electron chi connectivity index (χ4n) is 4.69. The second-order valence-corrected chi connectivity index (χ2v) is 8.76. The first-order valence-electron chi connectivity index (χ1n) is 11.9. The van der Waals surface area contributed by atoms with Gasteiger partial charge in [-0.1, -0.05) is 36.4 Å². The topological polar surface area (TPSA) is 63.0 Å². The van der Waals surface area contributed by atoms with Crippen LogP contribution in [0.1, 0.15) is 22.3 Å². The van der Waals surface area contributed by atoms with Crippen molar-refractivity contribution < 1.29 is 13.9 Å². The van der Waals surface area contributed by atoms with Gasteiger partial charge in [0.05, 0.1) is 18.1 Å². The highest BCUT2D eigenvalue weighted by molar-refractivity contribution is 6.05. The van der Waals surface area contributed by atoms with E-state index >= 15 is 0 Å². The Morgan fingerprint density at radius 2 is 1.66 bits per heavy atom. The molecule has 1 aliphatic heterocycles. The SMILES string of the molecule is COc1ccc(N2CCCN(C(=O)c3cccc4c(=O)c(C)c(-c5ccccc5)oc34)CC2)cc1. The molecule has 0 radical (unpaired) electrons. The highest BCUT2D eigenvalue weighted by Gasteiger charge is 2.24. The quantitative estimate of drug-likeness (QED) is 0.416. The van der Waals surface area contributed by atoms with Crippen molar-refractivity contribution in [2.45, 2.75) is 13.3 Å². The first-order chi connectivity index (χ1) is 17.1. The Kier molecular flexibility index (Phi) is 6.27. The molecule has 0 N–H and O–H groups in total. The minimum atomic E-state index is -0.113. The van der Waals surface area contributed by atoms with E-state index in [2.05, 4.69) is 4.90 Å². The van der Waals surface area contributed by atoms with Crippen LogP contribution in [0.15, 0.2) is 82.0 Å². The summed E-state index contributed by atoms with van der Waals surface area (Å²) in [5, 5.41) is 0.433. The lowest BCUT2D eigenvalue weighted by atomic mass is 10.0. The number of fused-ring (bicyclic) bond motifs is 1. The van der Waals surface area contributed by atoms with Gasteiger partial charge in [0, 0.05) is 43.0 Å². The molecular formula is C29H28N2O4. The Morgan fingerprint density at radius 3 is 2.40 bits per heavy atom. The van der Waals surface area contributed by atoms with Gasteiger partial charge in [0.25, 0.3) is 5.91 Å². The maximum absolute atomic E-state index is 13.7. The summed E-state index contributed by atoms with van der Waals surface area (Å²) >= 11 is 0. The summed E-state index contributed by atoms with van der Waals surface area (Å²) in [7, 11) is 1.66. The molecule has 0 aliphatic carbocycles. The van der Waals surface area contributed by atoms with E-state index in [-0.39, 0.29) is 11.3 Å². The number of ether oxygens (including phenoxy) is 1. The van der Waals surface area contributed by atoms with E-state index < -0.39 is 0 Å². The monoisotopic (exact) mass is 468 g/mol. The number of hydrogen-bond donors (Lipinski definition) is 0. The summed E-state index contributed by atoms with van der Waals surface area (Å²) in [6, 6.07) is 22.8. The molecule has 6 nitrogen and oxygen atoms in total. The zero-order valence-electron chi connectivity index (χ0n) is 20.0. The number of methoxy groups -OCH3 is 1. The van der Waals surface area contributed by atoms with Crippen molar-refractivity contribution in [3.8, 4) is 17.1 Å². The molecule has 6 heteroatoms. The van der Waals surface area contributed by atoms with E-state index in [0.29, 0.717) is 40.9 Å². The number of carbonyl (C=O) groups excluding carboxylic acids is 1. The van der Waals surface area contributed by atoms with Crippen molar-refractivity contribution >= 4 is 22.6 Å². The molecule has 3 aromatic carbocycles. The highest BCUT2D eigenvalue weighted by atomic mass is 16.5. The number of nitrogens with zero attached hydrogens (tertiary/aromatic N) is 2. The van der Waals surface area contributed by atoms with Crippen molar-refractivity contribution in [3.05, 3.63) is 94.1 Å². The zero-order chi connectivity index (χ0) is 24.4. The average molecular weight is 469 g/mol. The van der Waals surface area contributed by atoms with E-state index in [1.54, 1.807) is 32.2 Å². The highest BCUT2D eigenvalue weighted by Crippen LogP contribution is 2.28. The van der Waals surface area contributed by atoms with Crippen LogP contribution in [0.2, 0.25) is 0 Å². The minimum absolute atomic E-state index is 0.110. The second kappa shape index (κ2) is 9.66. The lowest BCUT2D eigenvalue weighted by Crippen LogP contribution is -2.35. The van der Waals surface area contributed by atoms with Gasteiger partial charge in [-0.15, -0.1) is 0 Å². The lowest BCUT2D eigenvalue weighted by Gasteiger charge is -2.24. The smallest absolute Gasteiger partial charge is 0.257 e. The fourth-order valence-corrected chi connectivity index (χ4v) is 4.69. The van der Waals surface area contributed by atoms with Gasteiger partial charge in [0.1, 0.15) is 11.5 Å². The Hall–Kier alpha value is -4.06. The summed E-state index contributed by atoms with van der Waals surface area (Å²) in [5.74, 6) is 1.21. The van der Waals surface area contributed by atoms with E-state index in [4.69, 9.17) is 9.15 Å². The van der Waals surface area contributed by atoms with Gasteiger partial charge in [-0.05, 0) is 49.7 Å². The van der Waals surface area contributed by atoms with Crippen LogP contribution in [0.25, 0.3) is 22.3 Å². The van der Waals surface area contributed by atoms with Crippen molar-refractivity contribution in [2.24, 2.45) is 0 Å². The van der Waals surface area contributed by atoms with Gasteiger partial charge in [-0.3, -0.25) is 9.59 Å². The maximum Gasteiger partial charge on any atom is 0.257 e. The summed E-state index contributed by atoms with van der Waals surface area (Å²) in [5.41, 5.74) is 3.13. The van der Waals surface area contributed by atoms with Crippen LogP contribution in [0.5, 0.6) is 5.75 Å². The second-order valence-electron chi connectivity index (χ2n) is 8.76. The summed E-state index contributed by atoms with van der Waals surface area (Å²) in [6.07, 6.45) is 0.848. The fraction of sp³-hybridized carbons (Fsp3) is 0.241. The molecule has 4 aromatic rings. The summed E-state index contributed by atoms with van der Waals surface area (Å²) < 4.78 is 11.5. The zero-order valence-corrected chi connectivity index (χ0v) is 20.0. The number of amides is 1. The molecule has 178 valence electrons. The predicted octanol–water partition coefficient (Wildman–Crippen LogP) is 5.13. The molecule has 1 amide bonds. The molecule has 0 spiro atoms. The molecule has 1 aliphatic rings. The third kappa shape index (κ3) is 4.39. The Bertz CT molecular complexity index is 1410. The standard InChI is InChI=1S/C29H28N2O4/c1-20-26(32)24-10-6-11-25(28(24)35-27(20)21-8-4-3-5-9-21)29(33)31-17-7-16-30(18-19-31)22-12-14-23(34-2)15-13-22/h3-6,8-15H,7,16-19H2,1-2H3. The van der Waals surface area contributed by atoms with Crippen LogP contribution in [0, 0.1) is 6.92 Å². The molecule has 5 rings (SSSR count). The molecule has 0 saturated carbocycles. The van der Waals surface area contributed by atoms with Crippen LogP contribution in [-0.2, 0) is 0 Å². The van der Waals surface area contributed by atoms with Crippen LogP contribution in [0.4, 0.5) is 5.69 Å². The first-order valence-corrected chi connectivity index (χ1v) is 11.9. The summed E-state index contributed by atoms with van der Waals surface area (Å²) in [6.45, 7) is 4.58. The van der Waals surface area contributed by atoms with Crippen LogP contribution >= 0.6 is 0 Å². The molecule has 1 fully saturated rings. The van der Waals surface area contributed by atoms with Crippen LogP contribution in [0.3, 0.4) is 0 Å². The van der Waals surface area contributed by atoms with Crippen LogP contribution < -0.4 is 15.1 Å². The van der Waals surface area contributed by atoms with Gasteiger partial charge < -0.3 is 19.0 Å². The predicted molar refractivity (Wildman–Crippen MR) is 138 cm³/mol. The molecule has 1 aromatic heterocycles. The largest absolute Gasteiger partial charge is 0.497 e. The van der Waals surface area contributed by atoms with Crippen molar-refractivity contribution in [1.29, 1.82) is 0 Å². The van der Waals surface area contributed by atoms with E-state index in [1.165, 1.54) is 0 Å². The molecule has 2 heterocycles. The first kappa shape index (κ1) is 22.7. The minimum Gasteiger partial charge on any atom is -0.497 e. The van der Waals surface area contributed by atoms with E-state index in [1.807, 2.05) is 59.5 Å². The van der Waals surface area contributed by atoms with Crippen LogP contribution in [-0.4, -0.2) is 44.1 Å². The third-order valence-corrected chi connectivity index (χ3v) is 6.63. The normalized spacial score (nSPS) is 14.1. The number of para-hydroxylation sites is 1. The molecule has 0 bridgehead atoms. The number of benzene rings is 3. The number of hydrogen-bond acceptors (Lipinski definition) is 5. The molecule has 0 unspecified atom stereocenters. The Balaban J connectivity index is 1.45. The van der Waals surface area contributed by atoms with E-state index in [9.17, 15) is 9.59 Å². The maximum atomic E-state index is 13.7. The van der Waals surface area contributed by atoms with Crippen molar-refractivity contribution in [1.82, 2.24) is 4.90 Å². The molecule has 35 heavy (non-hydrogen) atoms.